The first-order valence-corrected chi connectivity index (χ1v) is 10.1. The molecule has 3 atom stereocenters. The van der Waals surface area contributed by atoms with Gasteiger partial charge in [0.1, 0.15) is 5.75 Å². The van der Waals surface area contributed by atoms with Gasteiger partial charge in [0.25, 0.3) is 0 Å². The predicted molar refractivity (Wildman–Crippen MR) is 106 cm³/mol. The number of benzene rings is 1. The Hall–Kier alpha value is -1.79. The minimum Gasteiger partial charge on any atom is -0.497 e. The highest BCUT2D eigenvalue weighted by molar-refractivity contribution is 5.80. The van der Waals surface area contributed by atoms with Gasteiger partial charge in [-0.2, -0.15) is 0 Å². The molecule has 6 nitrogen and oxygen atoms in total. The van der Waals surface area contributed by atoms with Crippen LogP contribution in [0.2, 0.25) is 0 Å². The van der Waals surface area contributed by atoms with Gasteiger partial charge < -0.3 is 24.8 Å². The van der Waals surface area contributed by atoms with Crippen LogP contribution in [-0.2, 0) is 14.9 Å². The number of hydrogen-bond acceptors (Lipinski definition) is 4. The van der Waals surface area contributed by atoms with Crippen LogP contribution in [0, 0.1) is 0 Å². The fraction of sp³-hybridized carbons (Fsp3) is 0.667. The second-order valence-electron chi connectivity index (χ2n) is 7.91. The summed E-state index contributed by atoms with van der Waals surface area (Å²) in [7, 11) is 3.54. The van der Waals surface area contributed by atoms with E-state index in [1.165, 1.54) is 12.0 Å². The van der Waals surface area contributed by atoms with Crippen LogP contribution >= 0.6 is 0 Å². The zero-order valence-electron chi connectivity index (χ0n) is 16.4. The molecule has 3 fully saturated rings. The molecule has 0 aliphatic carbocycles. The Kier molecular flexibility index (Phi) is 5.55. The normalized spacial score (nSPS) is 29.6. The molecule has 27 heavy (non-hydrogen) atoms. The highest BCUT2D eigenvalue weighted by Gasteiger charge is 2.41. The number of fused-ring (bicyclic) bond motifs is 2. The van der Waals surface area contributed by atoms with E-state index in [1.54, 1.807) is 7.11 Å². The molecule has 3 aliphatic heterocycles. The summed E-state index contributed by atoms with van der Waals surface area (Å²) >= 11 is 0. The van der Waals surface area contributed by atoms with Crippen LogP contribution < -0.4 is 15.4 Å². The van der Waals surface area contributed by atoms with Crippen LogP contribution in [0.5, 0.6) is 5.75 Å². The minimum atomic E-state index is 0.0489. The van der Waals surface area contributed by atoms with E-state index in [1.807, 2.05) is 19.2 Å². The number of guanidine groups is 1. The highest BCUT2D eigenvalue weighted by Crippen LogP contribution is 2.36. The summed E-state index contributed by atoms with van der Waals surface area (Å²) in [6, 6.07) is 8.84. The smallest absolute Gasteiger partial charge is 0.191 e. The molecule has 148 valence electrons. The molecule has 0 amide bonds. The van der Waals surface area contributed by atoms with Gasteiger partial charge in [0.05, 0.1) is 25.4 Å². The van der Waals surface area contributed by atoms with Crippen LogP contribution in [0.4, 0.5) is 0 Å². The monoisotopic (exact) mass is 373 g/mol. The number of nitrogens with one attached hydrogen (secondary N) is 2. The molecule has 0 aromatic heterocycles. The zero-order chi connectivity index (χ0) is 18.7. The number of rotatable bonds is 5. The molecule has 1 aromatic rings. The Balaban J connectivity index is 1.43. The average Bonchev–Trinajstić information content (AvgIpc) is 3.35. The first-order chi connectivity index (χ1) is 13.2. The molecule has 3 unspecified atom stereocenters. The van der Waals surface area contributed by atoms with Crippen LogP contribution in [0.15, 0.2) is 29.3 Å². The molecule has 0 radical (unpaired) electrons. The molecular weight excluding hydrogens is 342 g/mol. The van der Waals surface area contributed by atoms with Gasteiger partial charge in [-0.15, -0.1) is 0 Å². The van der Waals surface area contributed by atoms with Gasteiger partial charge in [-0.1, -0.05) is 12.1 Å². The van der Waals surface area contributed by atoms with E-state index in [4.69, 9.17) is 14.2 Å². The molecule has 0 spiro atoms. The lowest BCUT2D eigenvalue weighted by atomic mass is 9.74. The van der Waals surface area contributed by atoms with Crippen LogP contribution in [0.25, 0.3) is 0 Å². The lowest BCUT2D eigenvalue weighted by Gasteiger charge is -2.38. The third-order valence-corrected chi connectivity index (χ3v) is 6.40. The molecule has 3 saturated heterocycles. The summed E-state index contributed by atoms with van der Waals surface area (Å²) in [5, 5.41) is 7.18. The summed E-state index contributed by atoms with van der Waals surface area (Å²) in [6.07, 6.45) is 6.23. The van der Waals surface area contributed by atoms with Crippen molar-refractivity contribution in [3.05, 3.63) is 29.8 Å². The standard InChI is InChI=1S/C21H31N3O3/c1-22-20(24-18-13-17-7-8-19(18)27-17)23-14-21(9-11-26-12-10-21)15-3-5-16(25-2)6-4-15/h3-6,17-19H,7-14H2,1-2H3,(H2,22,23,24). The van der Waals surface area contributed by atoms with Crippen molar-refractivity contribution in [2.75, 3.05) is 33.9 Å². The van der Waals surface area contributed by atoms with E-state index < -0.39 is 0 Å². The number of hydrogen-bond donors (Lipinski definition) is 2. The van der Waals surface area contributed by atoms with E-state index in [2.05, 4.69) is 27.8 Å². The van der Waals surface area contributed by atoms with Gasteiger partial charge in [-0.3, -0.25) is 4.99 Å². The van der Waals surface area contributed by atoms with Gasteiger partial charge in [-0.05, 0) is 49.8 Å². The molecule has 6 heteroatoms. The van der Waals surface area contributed by atoms with Crippen molar-refractivity contribution in [2.24, 2.45) is 4.99 Å². The van der Waals surface area contributed by atoms with E-state index >= 15 is 0 Å². The number of ether oxygens (including phenoxy) is 3. The molecule has 4 rings (SSSR count). The third kappa shape index (κ3) is 3.92. The third-order valence-electron chi connectivity index (χ3n) is 6.40. The molecular formula is C21H31N3O3. The fourth-order valence-electron chi connectivity index (χ4n) is 4.69. The molecule has 2 bridgehead atoms. The summed E-state index contributed by atoms with van der Waals surface area (Å²) in [5.74, 6) is 1.76. The zero-order valence-corrected chi connectivity index (χ0v) is 16.4. The van der Waals surface area contributed by atoms with Crippen molar-refractivity contribution in [1.29, 1.82) is 0 Å². The van der Waals surface area contributed by atoms with E-state index in [0.717, 1.165) is 57.2 Å². The second kappa shape index (κ2) is 8.07. The number of aliphatic imine (C=N–C) groups is 1. The van der Waals surface area contributed by atoms with Crippen molar-refractivity contribution >= 4 is 5.96 Å². The van der Waals surface area contributed by atoms with Crippen molar-refractivity contribution in [1.82, 2.24) is 10.6 Å². The van der Waals surface area contributed by atoms with Gasteiger partial charge in [0.2, 0.25) is 0 Å². The predicted octanol–water partition coefficient (Wildman–Crippen LogP) is 2.23. The van der Waals surface area contributed by atoms with Crippen LogP contribution in [0.1, 0.15) is 37.7 Å². The summed E-state index contributed by atoms with van der Waals surface area (Å²) in [5.41, 5.74) is 1.38. The van der Waals surface area contributed by atoms with Crippen molar-refractivity contribution < 1.29 is 14.2 Å². The summed E-state index contributed by atoms with van der Waals surface area (Å²) in [6.45, 7) is 2.42. The highest BCUT2D eigenvalue weighted by atomic mass is 16.5. The van der Waals surface area contributed by atoms with E-state index in [0.29, 0.717) is 18.2 Å². The fourth-order valence-corrected chi connectivity index (χ4v) is 4.69. The second-order valence-corrected chi connectivity index (χ2v) is 7.91. The van der Waals surface area contributed by atoms with Gasteiger partial charge in [0.15, 0.2) is 5.96 Å². The minimum absolute atomic E-state index is 0.0489. The SMILES string of the molecule is CN=C(NCC1(c2ccc(OC)cc2)CCOCC1)NC1CC2CCC1O2. The molecule has 3 heterocycles. The van der Waals surface area contributed by atoms with Crippen molar-refractivity contribution in [3.63, 3.8) is 0 Å². The van der Waals surface area contributed by atoms with Crippen LogP contribution in [-0.4, -0.2) is 58.1 Å². The van der Waals surface area contributed by atoms with Crippen molar-refractivity contribution in [2.45, 2.75) is 55.8 Å². The number of methoxy groups -OCH3 is 1. The maximum absolute atomic E-state index is 5.96. The Morgan fingerprint density at radius 3 is 2.59 bits per heavy atom. The molecule has 3 aliphatic rings. The van der Waals surface area contributed by atoms with Gasteiger partial charge in [-0.25, -0.2) is 0 Å². The lowest BCUT2D eigenvalue weighted by Crippen LogP contribution is -2.51. The quantitative estimate of drug-likeness (QED) is 0.612. The summed E-state index contributed by atoms with van der Waals surface area (Å²) < 4.78 is 16.9. The molecule has 1 aromatic carbocycles. The Morgan fingerprint density at radius 2 is 2.00 bits per heavy atom. The Labute approximate surface area is 161 Å². The molecule has 2 N–H and O–H groups in total. The van der Waals surface area contributed by atoms with Crippen molar-refractivity contribution in [3.8, 4) is 5.75 Å². The number of nitrogens with zero attached hydrogens (tertiary/aromatic N) is 1. The van der Waals surface area contributed by atoms with E-state index in [-0.39, 0.29) is 5.41 Å². The van der Waals surface area contributed by atoms with E-state index in [9.17, 15) is 0 Å². The Bertz CT molecular complexity index is 655. The lowest BCUT2D eigenvalue weighted by molar-refractivity contribution is 0.0513. The first kappa shape index (κ1) is 18.6. The maximum atomic E-state index is 5.96. The molecule has 0 saturated carbocycles. The average molecular weight is 373 g/mol. The topological polar surface area (TPSA) is 64.1 Å². The largest absolute Gasteiger partial charge is 0.497 e. The van der Waals surface area contributed by atoms with Crippen LogP contribution in [0.3, 0.4) is 0 Å². The van der Waals surface area contributed by atoms with Gasteiger partial charge >= 0.3 is 0 Å². The summed E-state index contributed by atoms with van der Waals surface area (Å²) in [4.78, 5) is 4.46. The Morgan fingerprint density at radius 1 is 1.22 bits per heavy atom. The first-order valence-electron chi connectivity index (χ1n) is 10.1. The van der Waals surface area contributed by atoms with Gasteiger partial charge in [0, 0.05) is 32.2 Å². The maximum Gasteiger partial charge on any atom is 0.191 e.